The van der Waals surface area contributed by atoms with E-state index in [-0.39, 0.29) is 12.0 Å². The molecule has 2 atom stereocenters. The standard InChI is InChI=1S/C16H17N3O2S/c1-3-13(15-18-7-8-22-15)19-14(16(20)21-2)12-6-4-5-11(9-12)10-17/h4-9,13-14,19H,3H2,1-2H3/t13-,14+/m0/s1. The van der Waals surface area contributed by atoms with Crippen molar-refractivity contribution in [2.24, 2.45) is 0 Å². The van der Waals surface area contributed by atoms with Gasteiger partial charge in [0.2, 0.25) is 0 Å². The van der Waals surface area contributed by atoms with Gasteiger partial charge in [-0.3, -0.25) is 5.32 Å². The van der Waals surface area contributed by atoms with Gasteiger partial charge in [-0.25, -0.2) is 9.78 Å². The summed E-state index contributed by atoms with van der Waals surface area (Å²) in [4.78, 5) is 16.5. The first-order chi connectivity index (χ1) is 10.7. The maximum Gasteiger partial charge on any atom is 0.327 e. The number of nitriles is 1. The summed E-state index contributed by atoms with van der Waals surface area (Å²) in [6.07, 6.45) is 2.53. The number of esters is 1. The van der Waals surface area contributed by atoms with E-state index in [1.807, 2.05) is 18.4 Å². The largest absolute Gasteiger partial charge is 0.468 e. The van der Waals surface area contributed by atoms with Crippen molar-refractivity contribution in [2.45, 2.75) is 25.4 Å². The maximum absolute atomic E-state index is 12.1. The lowest BCUT2D eigenvalue weighted by atomic mass is 10.0. The topological polar surface area (TPSA) is 75.0 Å². The smallest absolute Gasteiger partial charge is 0.327 e. The number of hydrogen-bond donors (Lipinski definition) is 1. The summed E-state index contributed by atoms with van der Waals surface area (Å²) >= 11 is 1.54. The fourth-order valence-corrected chi connectivity index (χ4v) is 2.96. The third kappa shape index (κ3) is 3.70. The van der Waals surface area contributed by atoms with Gasteiger partial charge in [0.25, 0.3) is 0 Å². The van der Waals surface area contributed by atoms with Gasteiger partial charge >= 0.3 is 5.97 Å². The summed E-state index contributed by atoms with van der Waals surface area (Å²) in [6, 6.07) is 8.38. The molecule has 2 aromatic rings. The van der Waals surface area contributed by atoms with E-state index < -0.39 is 6.04 Å². The third-order valence-electron chi connectivity index (χ3n) is 3.31. The highest BCUT2D eigenvalue weighted by Crippen LogP contribution is 2.25. The lowest BCUT2D eigenvalue weighted by Crippen LogP contribution is -2.32. The van der Waals surface area contributed by atoms with Crippen molar-refractivity contribution in [3.05, 3.63) is 52.0 Å². The third-order valence-corrected chi connectivity index (χ3v) is 4.20. The van der Waals surface area contributed by atoms with E-state index in [1.165, 1.54) is 7.11 Å². The van der Waals surface area contributed by atoms with Gasteiger partial charge in [-0.05, 0) is 24.1 Å². The van der Waals surface area contributed by atoms with Crippen molar-refractivity contribution in [2.75, 3.05) is 7.11 Å². The lowest BCUT2D eigenvalue weighted by molar-refractivity contribution is -0.143. The number of thiazole rings is 1. The van der Waals surface area contributed by atoms with Gasteiger partial charge in [0.05, 0.1) is 24.8 Å². The first-order valence-corrected chi connectivity index (χ1v) is 7.80. The van der Waals surface area contributed by atoms with Gasteiger partial charge in [-0.2, -0.15) is 5.26 Å². The van der Waals surface area contributed by atoms with Gasteiger partial charge in [0.15, 0.2) is 0 Å². The number of nitrogens with zero attached hydrogens (tertiary/aromatic N) is 2. The molecule has 0 saturated heterocycles. The molecule has 0 radical (unpaired) electrons. The van der Waals surface area contributed by atoms with Crippen LogP contribution in [0.25, 0.3) is 0 Å². The molecular formula is C16H17N3O2S. The number of rotatable bonds is 6. The van der Waals surface area contributed by atoms with Crippen LogP contribution in [-0.4, -0.2) is 18.1 Å². The SMILES string of the molecule is CC[C@H](N[C@@H](C(=O)OC)c1cccc(C#N)c1)c1nccs1. The summed E-state index contributed by atoms with van der Waals surface area (Å²) in [5.74, 6) is -0.384. The minimum atomic E-state index is -0.632. The zero-order valence-electron chi connectivity index (χ0n) is 12.4. The second-order valence-corrected chi connectivity index (χ2v) is 5.62. The van der Waals surface area contributed by atoms with E-state index >= 15 is 0 Å². The number of nitrogens with one attached hydrogen (secondary N) is 1. The van der Waals surface area contributed by atoms with Gasteiger partial charge < -0.3 is 4.74 Å². The quantitative estimate of drug-likeness (QED) is 0.829. The molecule has 1 aromatic carbocycles. The molecule has 0 aliphatic rings. The number of methoxy groups -OCH3 is 1. The first-order valence-electron chi connectivity index (χ1n) is 6.93. The monoisotopic (exact) mass is 315 g/mol. The lowest BCUT2D eigenvalue weighted by Gasteiger charge is -2.22. The summed E-state index contributed by atoms with van der Waals surface area (Å²) in [6.45, 7) is 2.03. The van der Waals surface area contributed by atoms with E-state index in [0.717, 1.165) is 11.4 Å². The average molecular weight is 315 g/mol. The zero-order chi connectivity index (χ0) is 15.9. The molecule has 1 aromatic heterocycles. The van der Waals surface area contributed by atoms with E-state index in [1.54, 1.807) is 35.7 Å². The number of aromatic nitrogens is 1. The number of benzene rings is 1. The van der Waals surface area contributed by atoms with Gasteiger partial charge in [0.1, 0.15) is 11.0 Å². The van der Waals surface area contributed by atoms with Crippen LogP contribution >= 0.6 is 11.3 Å². The van der Waals surface area contributed by atoms with Crippen LogP contribution < -0.4 is 5.32 Å². The molecule has 0 unspecified atom stereocenters. The second kappa shape index (κ2) is 7.69. The minimum absolute atomic E-state index is 0.0464. The minimum Gasteiger partial charge on any atom is -0.468 e. The molecule has 6 heteroatoms. The number of ether oxygens (including phenoxy) is 1. The number of carbonyl (C=O) groups excluding carboxylic acids is 1. The van der Waals surface area contributed by atoms with Crippen LogP contribution in [0.2, 0.25) is 0 Å². The van der Waals surface area contributed by atoms with E-state index in [9.17, 15) is 4.79 Å². The number of carbonyl (C=O) groups is 1. The van der Waals surface area contributed by atoms with Crippen LogP contribution in [0.5, 0.6) is 0 Å². The molecular weight excluding hydrogens is 298 g/mol. The van der Waals surface area contributed by atoms with Crippen molar-refractivity contribution in [1.29, 1.82) is 5.26 Å². The first kappa shape index (κ1) is 16.1. The van der Waals surface area contributed by atoms with Crippen LogP contribution in [0.3, 0.4) is 0 Å². The Morgan fingerprint density at radius 2 is 2.36 bits per heavy atom. The molecule has 0 fully saturated rings. The summed E-state index contributed by atoms with van der Waals surface area (Å²) in [5, 5.41) is 15.1. The van der Waals surface area contributed by atoms with Crippen molar-refractivity contribution in [3.8, 4) is 6.07 Å². The average Bonchev–Trinajstić information content (AvgIpc) is 3.09. The maximum atomic E-state index is 12.1. The molecule has 0 amide bonds. The zero-order valence-corrected chi connectivity index (χ0v) is 13.3. The van der Waals surface area contributed by atoms with E-state index in [4.69, 9.17) is 10.00 Å². The predicted molar refractivity (Wildman–Crippen MR) is 84.2 cm³/mol. The van der Waals surface area contributed by atoms with Crippen LogP contribution in [-0.2, 0) is 9.53 Å². The molecule has 5 nitrogen and oxygen atoms in total. The Bertz CT molecular complexity index is 664. The summed E-state index contributed by atoms with van der Waals surface area (Å²) in [7, 11) is 1.36. The van der Waals surface area contributed by atoms with Crippen molar-refractivity contribution in [3.63, 3.8) is 0 Å². The molecule has 0 aliphatic heterocycles. The van der Waals surface area contributed by atoms with Crippen molar-refractivity contribution >= 4 is 17.3 Å². The highest BCUT2D eigenvalue weighted by molar-refractivity contribution is 7.09. The van der Waals surface area contributed by atoms with Gasteiger partial charge in [-0.15, -0.1) is 11.3 Å². The Morgan fingerprint density at radius 3 is 2.95 bits per heavy atom. The van der Waals surface area contributed by atoms with Crippen molar-refractivity contribution < 1.29 is 9.53 Å². The van der Waals surface area contributed by atoms with Crippen molar-refractivity contribution in [1.82, 2.24) is 10.3 Å². The molecule has 22 heavy (non-hydrogen) atoms. The Kier molecular flexibility index (Phi) is 5.64. The fourth-order valence-electron chi connectivity index (χ4n) is 2.18. The molecule has 2 rings (SSSR count). The summed E-state index contributed by atoms with van der Waals surface area (Å²) in [5.41, 5.74) is 1.22. The Hall–Kier alpha value is -2.23. The molecule has 1 N–H and O–H groups in total. The molecule has 1 heterocycles. The molecule has 0 aliphatic carbocycles. The molecule has 0 saturated carbocycles. The highest BCUT2D eigenvalue weighted by atomic mass is 32.1. The molecule has 0 bridgehead atoms. The fraction of sp³-hybridized carbons (Fsp3) is 0.312. The molecule has 114 valence electrons. The number of hydrogen-bond acceptors (Lipinski definition) is 6. The van der Waals surface area contributed by atoms with E-state index in [2.05, 4.69) is 16.4 Å². The highest BCUT2D eigenvalue weighted by Gasteiger charge is 2.26. The summed E-state index contributed by atoms with van der Waals surface area (Å²) < 4.78 is 4.90. The van der Waals surface area contributed by atoms with Crippen LogP contribution in [0.1, 0.15) is 41.6 Å². The van der Waals surface area contributed by atoms with Crippen LogP contribution in [0.4, 0.5) is 0 Å². The van der Waals surface area contributed by atoms with Crippen LogP contribution in [0, 0.1) is 11.3 Å². The predicted octanol–water partition coefficient (Wildman–Crippen LogP) is 2.97. The Morgan fingerprint density at radius 1 is 1.55 bits per heavy atom. The van der Waals surface area contributed by atoms with Crippen LogP contribution in [0.15, 0.2) is 35.8 Å². The van der Waals surface area contributed by atoms with Gasteiger partial charge in [-0.1, -0.05) is 19.1 Å². The second-order valence-electron chi connectivity index (χ2n) is 4.69. The Balaban J connectivity index is 2.30. The molecule has 0 spiro atoms. The van der Waals surface area contributed by atoms with Gasteiger partial charge in [0, 0.05) is 11.6 Å². The Labute approximate surface area is 133 Å². The normalized spacial score (nSPS) is 13.1. The van der Waals surface area contributed by atoms with E-state index in [0.29, 0.717) is 11.1 Å².